The molecule has 0 aromatic heterocycles. The van der Waals surface area contributed by atoms with Gasteiger partial charge < -0.3 is 10.6 Å². The Bertz CT molecular complexity index is 652. The Balaban J connectivity index is 1.36. The van der Waals surface area contributed by atoms with Gasteiger partial charge in [-0.25, -0.2) is 0 Å². The fraction of sp³-hybridized carbons (Fsp3) is 0.600. The molecule has 1 saturated heterocycles. The average molecular weight is 378 g/mol. The molecule has 1 saturated carbocycles. The number of piperidine rings is 1. The summed E-state index contributed by atoms with van der Waals surface area (Å²) in [5.74, 6) is 0.518. The van der Waals surface area contributed by atoms with Crippen molar-refractivity contribution < 1.29 is 9.59 Å². The van der Waals surface area contributed by atoms with Gasteiger partial charge >= 0.3 is 0 Å². The molecule has 26 heavy (non-hydrogen) atoms. The Morgan fingerprint density at radius 3 is 2.62 bits per heavy atom. The van der Waals surface area contributed by atoms with Gasteiger partial charge in [0.25, 0.3) is 5.91 Å². The first-order valence-corrected chi connectivity index (χ1v) is 9.88. The third-order valence-electron chi connectivity index (χ3n) is 5.61. The molecule has 1 heterocycles. The maximum atomic E-state index is 12.2. The topological polar surface area (TPSA) is 61.4 Å². The molecule has 0 atom stereocenters. The van der Waals surface area contributed by atoms with Crippen molar-refractivity contribution >= 4 is 23.4 Å². The second-order valence-electron chi connectivity index (χ2n) is 7.90. The summed E-state index contributed by atoms with van der Waals surface area (Å²) in [4.78, 5) is 26.6. The smallest absolute Gasteiger partial charge is 0.251 e. The monoisotopic (exact) mass is 377 g/mol. The van der Waals surface area contributed by atoms with Crippen molar-refractivity contribution in [2.24, 2.45) is 5.92 Å². The van der Waals surface area contributed by atoms with Gasteiger partial charge in [-0.3, -0.25) is 14.5 Å². The van der Waals surface area contributed by atoms with E-state index in [-0.39, 0.29) is 17.4 Å². The van der Waals surface area contributed by atoms with Crippen molar-refractivity contribution in [2.45, 2.75) is 44.6 Å². The Kier molecular flexibility index (Phi) is 6.20. The summed E-state index contributed by atoms with van der Waals surface area (Å²) in [5, 5.41) is 6.74. The fourth-order valence-electron chi connectivity index (χ4n) is 3.73. The minimum atomic E-state index is -0.0805. The molecule has 0 bridgehead atoms. The summed E-state index contributed by atoms with van der Waals surface area (Å²) < 4.78 is 0. The van der Waals surface area contributed by atoms with Crippen LogP contribution in [0.5, 0.6) is 0 Å². The third-order valence-corrected chi connectivity index (χ3v) is 5.85. The second-order valence-corrected chi connectivity index (χ2v) is 8.34. The molecule has 0 unspecified atom stereocenters. The first kappa shape index (κ1) is 19.2. The van der Waals surface area contributed by atoms with Gasteiger partial charge in [0.15, 0.2) is 0 Å². The number of hydrogen-bond acceptors (Lipinski definition) is 3. The largest absolute Gasteiger partial charge is 0.352 e. The number of nitrogens with zero attached hydrogens (tertiary/aromatic N) is 1. The highest BCUT2D eigenvalue weighted by atomic mass is 35.5. The van der Waals surface area contributed by atoms with Crippen LogP contribution in [0.25, 0.3) is 0 Å². The molecular formula is C20H28ClN3O2. The van der Waals surface area contributed by atoms with E-state index in [9.17, 15) is 9.59 Å². The summed E-state index contributed by atoms with van der Waals surface area (Å²) in [7, 11) is 0. The molecule has 142 valence electrons. The molecule has 1 aliphatic carbocycles. The zero-order valence-corrected chi connectivity index (χ0v) is 16.1. The lowest BCUT2D eigenvalue weighted by Gasteiger charge is -2.40. The van der Waals surface area contributed by atoms with Gasteiger partial charge in [-0.1, -0.05) is 17.7 Å². The maximum absolute atomic E-state index is 12.2. The van der Waals surface area contributed by atoms with Crippen LogP contribution in [-0.4, -0.2) is 48.4 Å². The van der Waals surface area contributed by atoms with E-state index in [1.807, 2.05) is 0 Å². The number of likely N-dealkylation sites (tertiary alicyclic amines) is 1. The summed E-state index contributed by atoms with van der Waals surface area (Å²) in [6.07, 6.45) is 5.39. The van der Waals surface area contributed by atoms with E-state index < -0.39 is 0 Å². The molecule has 2 N–H and O–H groups in total. The highest BCUT2D eigenvalue weighted by molar-refractivity contribution is 6.30. The molecule has 1 aromatic carbocycles. The quantitative estimate of drug-likeness (QED) is 0.801. The summed E-state index contributed by atoms with van der Waals surface area (Å²) in [5.41, 5.74) is 0.621. The number of halogens is 1. The number of amides is 2. The molecular weight excluding hydrogens is 350 g/mol. The van der Waals surface area contributed by atoms with Crippen LogP contribution >= 0.6 is 11.6 Å². The fourth-order valence-corrected chi connectivity index (χ4v) is 3.92. The zero-order chi connectivity index (χ0) is 18.6. The number of benzene rings is 1. The van der Waals surface area contributed by atoms with Crippen LogP contribution in [0.1, 0.15) is 49.4 Å². The van der Waals surface area contributed by atoms with E-state index >= 15 is 0 Å². The van der Waals surface area contributed by atoms with Crippen molar-refractivity contribution in [2.75, 3.05) is 26.2 Å². The van der Waals surface area contributed by atoms with Gasteiger partial charge in [0.2, 0.25) is 5.91 Å². The third kappa shape index (κ3) is 5.21. The highest BCUT2D eigenvalue weighted by Crippen LogP contribution is 2.30. The van der Waals surface area contributed by atoms with Crippen LogP contribution < -0.4 is 10.6 Å². The lowest BCUT2D eigenvalue weighted by atomic mass is 9.78. The lowest BCUT2D eigenvalue weighted by molar-refractivity contribution is -0.125. The summed E-state index contributed by atoms with van der Waals surface area (Å²) >= 11 is 5.93. The van der Waals surface area contributed by atoms with Crippen molar-refractivity contribution in [3.05, 3.63) is 34.9 Å². The van der Waals surface area contributed by atoms with Crippen LogP contribution in [0.3, 0.4) is 0 Å². The number of rotatable bonds is 6. The van der Waals surface area contributed by atoms with Crippen molar-refractivity contribution in [1.82, 2.24) is 15.5 Å². The number of carbonyl (C=O) groups excluding carboxylic acids is 2. The number of hydrogen-bond donors (Lipinski definition) is 2. The predicted molar refractivity (Wildman–Crippen MR) is 103 cm³/mol. The zero-order valence-electron chi connectivity index (χ0n) is 15.4. The van der Waals surface area contributed by atoms with Crippen molar-refractivity contribution in [1.29, 1.82) is 0 Å². The SMILES string of the molecule is CC1(NC(=O)CN2CCC(CNC(=O)c3cccc(Cl)c3)CC2)CCC1. The van der Waals surface area contributed by atoms with Gasteiger partial charge in [0, 0.05) is 22.7 Å². The standard InChI is InChI=1S/C20H28ClN3O2/c1-20(8-3-9-20)23-18(25)14-24-10-6-15(7-11-24)13-22-19(26)16-4-2-5-17(21)12-16/h2,4-5,12,15H,3,6-11,13-14H2,1H3,(H,22,26)(H,23,25). The van der Waals surface area contributed by atoms with Gasteiger partial charge in [0.05, 0.1) is 6.54 Å². The summed E-state index contributed by atoms with van der Waals surface area (Å²) in [6.45, 7) is 5.09. The van der Waals surface area contributed by atoms with E-state index in [1.165, 1.54) is 6.42 Å². The second kappa shape index (κ2) is 8.40. The molecule has 0 spiro atoms. The van der Waals surface area contributed by atoms with Gasteiger partial charge in [-0.15, -0.1) is 0 Å². The van der Waals surface area contributed by atoms with Gasteiger partial charge in [-0.2, -0.15) is 0 Å². The Labute approximate surface area is 160 Å². The minimum absolute atomic E-state index is 0.0278. The van der Waals surface area contributed by atoms with E-state index in [0.29, 0.717) is 29.6 Å². The van der Waals surface area contributed by atoms with Crippen LogP contribution in [0.4, 0.5) is 0 Å². The van der Waals surface area contributed by atoms with Gasteiger partial charge in [0.1, 0.15) is 0 Å². The van der Waals surface area contributed by atoms with E-state index in [2.05, 4.69) is 22.5 Å². The Hall–Kier alpha value is -1.59. The molecule has 2 fully saturated rings. The maximum Gasteiger partial charge on any atom is 0.251 e. The van der Waals surface area contributed by atoms with Crippen LogP contribution in [0, 0.1) is 5.92 Å². The predicted octanol–water partition coefficient (Wildman–Crippen LogP) is 2.84. The van der Waals surface area contributed by atoms with Gasteiger partial charge in [-0.05, 0) is 76.2 Å². The highest BCUT2D eigenvalue weighted by Gasteiger charge is 2.33. The van der Waals surface area contributed by atoms with Crippen LogP contribution in [0.2, 0.25) is 5.02 Å². The molecule has 6 heteroatoms. The van der Waals surface area contributed by atoms with Crippen LogP contribution in [0.15, 0.2) is 24.3 Å². The molecule has 1 aromatic rings. The molecule has 3 rings (SSSR count). The Morgan fingerprint density at radius 1 is 1.27 bits per heavy atom. The normalized spacial score (nSPS) is 20.2. The number of nitrogens with one attached hydrogen (secondary N) is 2. The molecule has 2 aliphatic rings. The van der Waals surface area contributed by atoms with Crippen molar-refractivity contribution in [3.63, 3.8) is 0 Å². The summed E-state index contributed by atoms with van der Waals surface area (Å²) in [6, 6.07) is 6.99. The van der Waals surface area contributed by atoms with E-state index in [1.54, 1.807) is 24.3 Å². The Morgan fingerprint density at radius 2 is 2.00 bits per heavy atom. The first-order chi connectivity index (χ1) is 12.4. The van der Waals surface area contributed by atoms with E-state index in [4.69, 9.17) is 11.6 Å². The average Bonchev–Trinajstić information content (AvgIpc) is 2.59. The van der Waals surface area contributed by atoms with E-state index in [0.717, 1.165) is 38.8 Å². The molecule has 0 radical (unpaired) electrons. The lowest BCUT2D eigenvalue weighted by Crippen LogP contribution is -2.54. The van der Waals surface area contributed by atoms with Crippen molar-refractivity contribution in [3.8, 4) is 0 Å². The molecule has 1 aliphatic heterocycles. The molecule has 2 amide bonds. The molecule has 5 nitrogen and oxygen atoms in total. The minimum Gasteiger partial charge on any atom is -0.352 e. The first-order valence-electron chi connectivity index (χ1n) is 9.51. The van der Waals surface area contributed by atoms with Crippen LogP contribution in [-0.2, 0) is 4.79 Å². The number of carbonyl (C=O) groups is 2.